The molecular formula is C11H14N4. The van der Waals surface area contributed by atoms with Crippen LogP contribution in [0, 0.1) is 0 Å². The summed E-state index contributed by atoms with van der Waals surface area (Å²) in [7, 11) is 0. The molecule has 2 heterocycles. The van der Waals surface area contributed by atoms with Crippen LogP contribution in [0.2, 0.25) is 0 Å². The molecule has 0 aliphatic carbocycles. The van der Waals surface area contributed by atoms with Crippen LogP contribution in [0.4, 0.5) is 5.82 Å². The van der Waals surface area contributed by atoms with Crippen molar-refractivity contribution in [3.8, 4) is 11.3 Å². The van der Waals surface area contributed by atoms with Crippen LogP contribution in [0.5, 0.6) is 0 Å². The Kier molecular flexibility index (Phi) is 2.41. The van der Waals surface area contributed by atoms with Crippen molar-refractivity contribution in [1.82, 2.24) is 14.5 Å². The van der Waals surface area contributed by atoms with Gasteiger partial charge in [-0.2, -0.15) is 0 Å². The number of nitrogens with two attached hydrogens (primary N) is 1. The van der Waals surface area contributed by atoms with Crippen molar-refractivity contribution in [1.29, 1.82) is 0 Å². The molecule has 2 rings (SSSR count). The predicted molar refractivity (Wildman–Crippen MR) is 60.3 cm³/mol. The zero-order valence-corrected chi connectivity index (χ0v) is 8.88. The third-order valence-corrected chi connectivity index (χ3v) is 2.32. The van der Waals surface area contributed by atoms with Crippen molar-refractivity contribution in [2.45, 2.75) is 19.9 Å². The molecule has 4 nitrogen and oxygen atoms in total. The van der Waals surface area contributed by atoms with E-state index in [1.165, 1.54) is 0 Å². The van der Waals surface area contributed by atoms with Gasteiger partial charge in [-0.25, -0.2) is 4.98 Å². The number of hydrogen-bond acceptors (Lipinski definition) is 3. The first-order valence-corrected chi connectivity index (χ1v) is 4.93. The van der Waals surface area contributed by atoms with Gasteiger partial charge in [0.05, 0.1) is 6.33 Å². The van der Waals surface area contributed by atoms with Gasteiger partial charge in [0.1, 0.15) is 11.5 Å². The van der Waals surface area contributed by atoms with Gasteiger partial charge in [-0.15, -0.1) is 0 Å². The summed E-state index contributed by atoms with van der Waals surface area (Å²) in [5.74, 6) is 0.693. The van der Waals surface area contributed by atoms with Crippen LogP contribution >= 0.6 is 0 Å². The van der Waals surface area contributed by atoms with Crippen molar-refractivity contribution < 1.29 is 0 Å². The largest absolute Gasteiger partial charge is 0.383 e. The van der Waals surface area contributed by atoms with Crippen LogP contribution < -0.4 is 5.73 Å². The molecule has 2 N–H and O–H groups in total. The number of hydrogen-bond donors (Lipinski definition) is 1. The summed E-state index contributed by atoms with van der Waals surface area (Å²) in [5, 5.41) is 0. The zero-order valence-electron chi connectivity index (χ0n) is 8.88. The third-order valence-electron chi connectivity index (χ3n) is 2.32. The lowest BCUT2D eigenvalue weighted by molar-refractivity contribution is 0.607. The maximum absolute atomic E-state index is 6.01. The number of aromatic nitrogens is 3. The Balaban J connectivity index is 2.47. The van der Waals surface area contributed by atoms with Gasteiger partial charge in [-0.05, 0) is 26.0 Å². The van der Waals surface area contributed by atoms with E-state index in [9.17, 15) is 0 Å². The Bertz CT molecular complexity index is 445. The molecule has 15 heavy (non-hydrogen) atoms. The highest BCUT2D eigenvalue weighted by Crippen LogP contribution is 2.25. The summed E-state index contributed by atoms with van der Waals surface area (Å²) in [4.78, 5) is 8.36. The van der Waals surface area contributed by atoms with Crippen molar-refractivity contribution in [2.75, 3.05) is 5.73 Å². The van der Waals surface area contributed by atoms with E-state index in [-0.39, 0.29) is 0 Å². The molecule has 0 aliphatic rings. The summed E-state index contributed by atoms with van der Waals surface area (Å²) in [6.07, 6.45) is 5.27. The topological polar surface area (TPSA) is 56.7 Å². The predicted octanol–water partition coefficient (Wildman–Crippen LogP) is 2.11. The quantitative estimate of drug-likeness (QED) is 0.811. The first kappa shape index (κ1) is 9.71. The van der Waals surface area contributed by atoms with Crippen LogP contribution in [0.1, 0.15) is 19.9 Å². The Morgan fingerprint density at radius 3 is 2.73 bits per heavy atom. The average molecular weight is 202 g/mol. The summed E-state index contributed by atoms with van der Waals surface area (Å²) in [5.41, 5.74) is 7.76. The molecule has 0 spiro atoms. The lowest BCUT2D eigenvalue weighted by Gasteiger charge is -2.08. The van der Waals surface area contributed by atoms with Crippen LogP contribution in [0.15, 0.2) is 30.9 Å². The summed E-state index contributed by atoms with van der Waals surface area (Å²) >= 11 is 0. The molecule has 0 fully saturated rings. The molecule has 0 radical (unpaired) electrons. The Morgan fingerprint density at radius 1 is 1.40 bits per heavy atom. The molecule has 0 saturated heterocycles. The number of nitrogen functional groups attached to an aromatic ring is 1. The Hall–Kier alpha value is -1.84. The van der Waals surface area contributed by atoms with Crippen LogP contribution in [-0.4, -0.2) is 14.5 Å². The Morgan fingerprint density at radius 2 is 2.20 bits per heavy atom. The van der Waals surface area contributed by atoms with E-state index in [0.29, 0.717) is 11.9 Å². The van der Waals surface area contributed by atoms with Gasteiger partial charge in [-0.1, -0.05) is 0 Å². The highest BCUT2D eigenvalue weighted by Gasteiger charge is 2.11. The average Bonchev–Trinajstić information content (AvgIpc) is 2.61. The van der Waals surface area contributed by atoms with E-state index in [0.717, 1.165) is 11.3 Å². The van der Waals surface area contributed by atoms with Gasteiger partial charge in [-0.3, -0.25) is 4.98 Å². The molecule has 0 bridgehead atoms. The lowest BCUT2D eigenvalue weighted by atomic mass is 10.2. The summed E-state index contributed by atoms with van der Waals surface area (Å²) < 4.78 is 1.95. The lowest BCUT2D eigenvalue weighted by Crippen LogP contribution is -2.04. The third kappa shape index (κ3) is 1.70. The molecule has 0 aromatic carbocycles. The van der Waals surface area contributed by atoms with Crippen molar-refractivity contribution in [3.05, 3.63) is 30.9 Å². The number of nitrogens with zero attached hydrogens (tertiary/aromatic N) is 3. The molecule has 0 amide bonds. The van der Waals surface area contributed by atoms with E-state index < -0.39 is 0 Å². The van der Waals surface area contributed by atoms with Crippen LogP contribution in [0.25, 0.3) is 11.3 Å². The minimum atomic E-state index is 0.322. The smallest absolute Gasteiger partial charge is 0.131 e. The minimum Gasteiger partial charge on any atom is -0.383 e. The van der Waals surface area contributed by atoms with Crippen molar-refractivity contribution in [2.24, 2.45) is 0 Å². The fourth-order valence-corrected chi connectivity index (χ4v) is 1.51. The molecule has 0 atom stereocenters. The first-order valence-electron chi connectivity index (χ1n) is 4.93. The molecule has 4 heteroatoms. The molecular weight excluding hydrogens is 188 g/mol. The SMILES string of the molecule is CC(C)n1cnc(-c2cccnc2)c1N. The standard InChI is InChI=1S/C11H14N4/c1-8(2)15-7-14-10(11(15)12)9-4-3-5-13-6-9/h3-8H,12H2,1-2H3. The molecule has 0 saturated carbocycles. The maximum atomic E-state index is 6.01. The highest BCUT2D eigenvalue weighted by atomic mass is 15.1. The van der Waals surface area contributed by atoms with Crippen LogP contribution in [-0.2, 0) is 0 Å². The summed E-state index contributed by atoms with van der Waals surface area (Å²) in [6.45, 7) is 4.15. The van der Waals surface area contributed by atoms with E-state index in [1.807, 2.05) is 16.7 Å². The second-order valence-electron chi connectivity index (χ2n) is 3.72. The minimum absolute atomic E-state index is 0.322. The number of rotatable bonds is 2. The van der Waals surface area contributed by atoms with Gasteiger partial charge >= 0.3 is 0 Å². The van der Waals surface area contributed by atoms with Gasteiger partial charge in [0.25, 0.3) is 0 Å². The second-order valence-corrected chi connectivity index (χ2v) is 3.72. The molecule has 0 aliphatic heterocycles. The normalized spacial score (nSPS) is 10.9. The maximum Gasteiger partial charge on any atom is 0.131 e. The van der Waals surface area contributed by atoms with Gasteiger partial charge in [0, 0.05) is 24.0 Å². The number of pyridine rings is 1. The van der Waals surface area contributed by atoms with Crippen molar-refractivity contribution >= 4 is 5.82 Å². The number of anilines is 1. The van der Waals surface area contributed by atoms with E-state index in [2.05, 4.69) is 23.8 Å². The number of imidazole rings is 1. The second kappa shape index (κ2) is 3.73. The molecule has 0 unspecified atom stereocenters. The summed E-state index contributed by atoms with van der Waals surface area (Å²) in [6, 6.07) is 4.16. The molecule has 78 valence electrons. The fourth-order valence-electron chi connectivity index (χ4n) is 1.51. The monoisotopic (exact) mass is 202 g/mol. The molecule has 2 aromatic rings. The van der Waals surface area contributed by atoms with Crippen LogP contribution in [0.3, 0.4) is 0 Å². The van der Waals surface area contributed by atoms with Gasteiger partial charge in [0.2, 0.25) is 0 Å². The highest BCUT2D eigenvalue weighted by molar-refractivity contribution is 5.69. The van der Waals surface area contributed by atoms with Crippen molar-refractivity contribution in [3.63, 3.8) is 0 Å². The van der Waals surface area contributed by atoms with Gasteiger partial charge in [0.15, 0.2) is 0 Å². The van der Waals surface area contributed by atoms with E-state index >= 15 is 0 Å². The molecule has 2 aromatic heterocycles. The Labute approximate surface area is 88.8 Å². The van der Waals surface area contributed by atoms with Gasteiger partial charge < -0.3 is 10.3 Å². The zero-order chi connectivity index (χ0) is 10.8. The van der Waals surface area contributed by atoms with E-state index in [4.69, 9.17) is 5.73 Å². The van der Waals surface area contributed by atoms with E-state index in [1.54, 1.807) is 18.7 Å². The first-order chi connectivity index (χ1) is 7.20. The fraction of sp³-hybridized carbons (Fsp3) is 0.273.